The van der Waals surface area contributed by atoms with Gasteiger partial charge in [-0.25, -0.2) is 0 Å². The lowest BCUT2D eigenvalue weighted by Crippen LogP contribution is -2.28. The number of methoxy groups -OCH3 is 1. The fourth-order valence-electron chi connectivity index (χ4n) is 2.74. The van der Waals surface area contributed by atoms with Crippen molar-refractivity contribution in [1.82, 2.24) is 0 Å². The van der Waals surface area contributed by atoms with E-state index in [1.807, 2.05) is 50.2 Å². The molecule has 0 saturated carbocycles. The van der Waals surface area contributed by atoms with E-state index in [0.717, 1.165) is 33.8 Å². The molecule has 1 heterocycles. The molecule has 0 spiro atoms. The van der Waals surface area contributed by atoms with E-state index in [9.17, 15) is 4.79 Å². The Morgan fingerprint density at radius 1 is 1.17 bits per heavy atom. The van der Waals surface area contributed by atoms with Crippen LogP contribution in [0.4, 0.5) is 5.69 Å². The summed E-state index contributed by atoms with van der Waals surface area (Å²) in [5, 5.41) is 6.95. The molecular formula is C19H20N2O3. The largest absolute Gasteiger partial charge is 0.497 e. The number of anilines is 1. The van der Waals surface area contributed by atoms with Crippen molar-refractivity contribution < 1.29 is 14.4 Å². The van der Waals surface area contributed by atoms with Crippen LogP contribution < -0.4 is 10.1 Å². The molecule has 1 aliphatic rings. The quantitative estimate of drug-likeness (QED) is 0.937. The first-order chi connectivity index (χ1) is 11.5. The number of benzene rings is 2. The van der Waals surface area contributed by atoms with E-state index in [1.54, 1.807) is 7.11 Å². The predicted octanol–water partition coefficient (Wildman–Crippen LogP) is 3.44. The molecule has 0 fully saturated rings. The average molecular weight is 324 g/mol. The molecule has 1 amide bonds. The number of nitrogens with zero attached hydrogens (tertiary/aromatic N) is 1. The monoisotopic (exact) mass is 324 g/mol. The number of carbonyl (C=O) groups excluding carboxylic acids is 1. The minimum absolute atomic E-state index is 0.188. The molecule has 0 aliphatic carbocycles. The number of ether oxygens (including phenoxy) is 1. The molecule has 1 atom stereocenters. The van der Waals surface area contributed by atoms with Crippen molar-refractivity contribution in [3.63, 3.8) is 0 Å². The third-order valence-corrected chi connectivity index (χ3v) is 3.87. The van der Waals surface area contributed by atoms with Gasteiger partial charge in [-0.15, -0.1) is 0 Å². The molecule has 2 aromatic carbocycles. The van der Waals surface area contributed by atoms with Gasteiger partial charge in [0.1, 0.15) is 5.75 Å². The van der Waals surface area contributed by atoms with Crippen LogP contribution in [-0.2, 0) is 9.63 Å². The van der Waals surface area contributed by atoms with Gasteiger partial charge in [0.2, 0.25) is 6.10 Å². The number of carbonyl (C=O) groups is 1. The Labute approximate surface area is 141 Å². The minimum Gasteiger partial charge on any atom is -0.497 e. The Bertz CT molecular complexity index is 761. The van der Waals surface area contributed by atoms with Crippen LogP contribution in [-0.4, -0.2) is 24.8 Å². The summed E-state index contributed by atoms with van der Waals surface area (Å²) < 4.78 is 5.14. The Kier molecular flexibility index (Phi) is 4.51. The number of rotatable bonds is 4. The average Bonchev–Trinajstić information content (AvgIpc) is 3.04. The zero-order valence-electron chi connectivity index (χ0n) is 14.0. The zero-order valence-corrected chi connectivity index (χ0v) is 14.0. The smallest absolute Gasteiger partial charge is 0.268 e. The van der Waals surface area contributed by atoms with Crippen molar-refractivity contribution in [1.29, 1.82) is 0 Å². The third-order valence-electron chi connectivity index (χ3n) is 3.87. The summed E-state index contributed by atoms with van der Waals surface area (Å²) in [7, 11) is 1.62. The molecule has 0 aromatic heterocycles. The maximum absolute atomic E-state index is 12.4. The Morgan fingerprint density at radius 3 is 2.46 bits per heavy atom. The fourth-order valence-corrected chi connectivity index (χ4v) is 2.74. The standard InChI is InChI=1S/C19H20N2O3/c1-12-8-13(2)10-15(9-12)20-19(22)18-11-17(21-24-18)14-4-6-16(23-3)7-5-14/h4-10,18H,11H2,1-3H3,(H,20,22). The molecule has 5 nitrogen and oxygen atoms in total. The van der Waals surface area contributed by atoms with Crippen LogP contribution in [0.3, 0.4) is 0 Å². The van der Waals surface area contributed by atoms with Gasteiger partial charge in [0.05, 0.1) is 12.8 Å². The number of nitrogens with one attached hydrogen (secondary N) is 1. The molecule has 24 heavy (non-hydrogen) atoms. The minimum atomic E-state index is -0.608. The lowest BCUT2D eigenvalue weighted by atomic mass is 10.0. The summed E-state index contributed by atoms with van der Waals surface area (Å²) in [5.41, 5.74) is 4.68. The van der Waals surface area contributed by atoms with Crippen molar-refractivity contribution in [3.8, 4) is 5.75 Å². The summed E-state index contributed by atoms with van der Waals surface area (Å²) in [4.78, 5) is 17.7. The van der Waals surface area contributed by atoms with Gasteiger partial charge in [0, 0.05) is 12.1 Å². The summed E-state index contributed by atoms with van der Waals surface area (Å²) in [6, 6.07) is 13.5. The van der Waals surface area contributed by atoms with Crippen molar-refractivity contribution >= 4 is 17.3 Å². The van der Waals surface area contributed by atoms with Gasteiger partial charge >= 0.3 is 0 Å². The molecule has 0 radical (unpaired) electrons. The summed E-state index contributed by atoms with van der Waals surface area (Å²) >= 11 is 0. The van der Waals surface area contributed by atoms with Crippen molar-refractivity contribution in [3.05, 3.63) is 59.2 Å². The molecular weight excluding hydrogens is 304 g/mol. The summed E-state index contributed by atoms with van der Waals surface area (Å²) in [6.45, 7) is 4.00. The van der Waals surface area contributed by atoms with Crippen molar-refractivity contribution in [2.75, 3.05) is 12.4 Å². The SMILES string of the molecule is COc1ccc(C2=NOC(C(=O)Nc3cc(C)cc(C)c3)C2)cc1. The van der Waals surface area contributed by atoms with Gasteiger partial charge in [-0.1, -0.05) is 11.2 Å². The van der Waals surface area contributed by atoms with Crippen molar-refractivity contribution in [2.24, 2.45) is 5.16 Å². The molecule has 1 aliphatic heterocycles. The topological polar surface area (TPSA) is 59.9 Å². The maximum Gasteiger partial charge on any atom is 0.268 e. The molecule has 3 rings (SSSR count). The number of oxime groups is 1. The lowest BCUT2D eigenvalue weighted by molar-refractivity contribution is -0.125. The lowest BCUT2D eigenvalue weighted by Gasteiger charge is -2.11. The number of hydrogen-bond acceptors (Lipinski definition) is 4. The van der Waals surface area contributed by atoms with Crippen LogP contribution in [0, 0.1) is 13.8 Å². The second-order valence-corrected chi connectivity index (χ2v) is 5.93. The van der Waals surface area contributed by atoms with Crippen LogP contribution in [0.1, 0.15) is 23.1 Å². The highest BCUT2D eigenvalue weighted by Crippen LogP contribution is 2.21. The molecule has 2 aromatic rings. The van der Waals surface area contributed by atoms with Crippen LogP contribution in [0.5, 0.6) is 5.75 Å². The molecule has 1 N–H and O–H groups in total. The molecule has 0 saturated heterocycles. The highest BCUT2D eigenvalue weighted by Gasteiger charge is 2.29. The van der Waals surface area contributed by atoms with Gasteiger partial charge < -0.3 is 14.9 Å². The van der Waals surface area contributed by atoms with E-state index in [2.05, 4.69) is 16.5 Å². The number of amides is 1. The molecule has 5 heteroatoms. The van der Waals surface area contributed by atoms with Gasteiger partial charge in [0.25, 0.3) is 5.91 Å². The van der Waals surface area contributed by atoms with Crippen LogP contribution >= 0.6 is 0 Å². The predicted molar refractivity (Wildman–Crippen MR) is 93.6 cm³/mol. The van der Waals surface area contributed by atoms with Gasteiger partial charge in [-0.2, -0.15) is 0 Å². The summed E-state index contributed by atoms with van der Waals surface area (Å²) in [5.74, 6) is 0.592. The van der Waals surface area contributed by atoms with Crippen LogP contribution in [0.2, 0.25) is 0 Å². The van der Waals surface area contributed by atoms with Crippen LogP contribution in [0.25, 0.3) is 0 Å². The van der Waals surface area contributed by atoms with Crippen LogP contribution in [0.15, 0.2) is 47.6 Å². The normalized spacial score (nSPS) is 16.3. The van der Waals surface area contributed by atoms with Crippen molar-refractivity contribution in [2.45, 2.75) is 26.4 Å². The number of aryl methyl sites for hydroxylation is 2. The Morgan fingerprint density at radius 2 is 1.83 bits per heavy atom. The first-order valence-electron chi connectivity index (χ1n) is 7.81. The number of hydrogen-bond donors (Lipinski definition) is 1. The van der Waals surface area contributed by atoms with Gasteiger partial charge in [-0.05, 0) is 66.9 Å². The summed E-state index contributed by atoms with van der Waals surface area (Å²) in [6.07, 6.45) is -0.161. The first kappa shape index (κ1) is 16.1. The Balaban J connectivity index is 1.64. The highest BCUT2D eigenvalue weighted by molar-refractivity contribution is 6.06. The van der Waals surface area contributed by atoms with E-state index in [0.29, 0.717) is 6.42 Å². The molecule has 124 valence electrons. The van der Waals surface area contributed by atoms with Gasteiger partial charge in [-0.3, -0.25) is 4.79 Å². The zero-order chi connectivity index (χ0) is 17.1. The van der Waals surface area contributed by atoms with E-state index in [1.165, 1.54) is 0 Å². The first-order valence-corrected chi connectivity index (χ1v) is 7.81. The molecule has 0 bridgehead atoms. The second kappa shape index (κ2) is 6.74. The fraction of sp³-hybridized carbons (Fsp3) is 0.263. The highest BCUT2D eigenvalue weighted by atomic mass is 16.6. The second-order valence-electron chi connectivity index (χ2n) is 5.93. The third kappa shape index (κ3) is 3.56. The maximum atomic E-state index is 12.4. The molecule has 1 unspecified atom stereocenters. The van der Waals surface area contributed by atoms with E-state index < -0.39 is 6.10 Å². The van der Waals surface area contributed by atoms with E-state index in [4.69, 9.17) is 9.57 Å². The van der Waals surface area contributed by atoms with E-state index >= 15 is 0 Å². The van der Waals surface area contributed by atoms with E-state index in [-0.39, 0.29) is 5.91 Å². The van der Waals surface area contributed by atoms with Gasteiger partial charge in [0.15, 0.2) is 0 Å². The Hall–Kier alpha value is -2.82.